The molecular formula is C24H36FN7O2. The van der Waals surface area contributed by atoms with Gasteiger partial charge in [-0.05, 0) is 51.4 Å². The second-order valence-corrected chi connectivity index (χ2v) is 9.33. The quantitative estimate of drug-likeness (QED) is 0.479. The molecule has 3 N–H and O–H groups in total. The summed E-state index contributed by atoms with van der Waals surface area (Å²) in [4.78, 5) is 17.2. The highest BCUT2D eigenvalue weighted by molar-refractivity contribution is 5.59. The smallest absolute Gasteiger partial charge is 0.223 e. The maximum Gasteiger partial charge on any atom is 0.223 e. The Kier molecular flexibility index (Phi) is 8.95. The summed E-state index contributed by atoms with van der Waals surface area (Å²) in [5.41, 5.74) is 0.616. The van der Waals surface area contributed by atoms with Gasteiger partial charge in [-0.25, -0.2) is 24.3 Å². The van der Waals surface area contributed by atoms with Crippen molar-refractivity contribution in [1.29, 1.82) is 0 Å². The second-order valence-electron chi connectivity index (χ2n) is 9.33. The summed E-state index contributed by atoms with van der Waals surface area (Å²) in [7, 11) is 1.72. The molecule has 2 fully saturated rings. The van der Waals surface area contributed by atoms with Crippen LogP contribution in [-0.4, -0.2) is 71.5 Å². The lowest BCUT2D eigenvalue weighted by atomic mass is 9.91. The molecule has 0 unspecified atom stereocenters. The van der Waals surface area contributed by atoms with Crippen LogP contribution < -0.4 is 16.0 Å². The van der Waals surface area contributed by atoms with Crippen molar-refractivity contribution in [1.82, 2.24) is 25.3 Å². The third kappa shape index (κ3) is 7.04. The largest absolute Gasteiger partial charge is 0.383 e. The molecule has 1 aliphatic carbocycles. The molecule has 2 aromatic heterocycles. The van der Waals surface area contributed by atoms with Crippen LogP contribution in [0, 0.1) is 11.7 Å². The first kappa shape index (κ1) is 24.7. The van der Waals surface area contributed by atoms with Crippen LogP contribution >= 0.6 is 0 Å². The zero-order chi connectivity index (χ0) is 23.8. The van der Waals surface area contributed by atoms with Gasteiger partial charge in [0.25, 0.3) is 0 Å². The molecule has 1 aliphatic heterocycles. The monoisotopic (exact) mass is 473 g/mol. The van der Waals surface area contributed by atoms with Crippen molar-refractivity contribution in [3.63, 3.8) is 0 Å². The van der Waals surface area contributed by atoms with Crippen LogP contribution in [0.5, 0.6) is 0 Å². The highest BCUT2D eigenvalue weighted by Crippen LogP contribution is 2.25. The van der Waals surface area contributed by atoms with Gasteiger partial charge in [0.1, 0.15) is 17.8 Å². The number of aromatic nitrogens is 4. The summed E-state index contributed by atoms with van der Waals surface area (Å²) >= 11 is 0. The summed E-state index contributed by atoms with van der Waals surface area (Å²) in [5, 5.41) is 10.4. The Morgan fingerprint density at radius 2 is 1.85 bits per heavy atom. The average molecular weight is 474 g/mol. The molecule has 10 heteroatoms. The van der Waals surface area contributed by atoms with Crippen molar-refractivity contribution >= 4 is 11.8 Å². The van der Waals surface area contributed by atoms with Gasteiger partial charge in [-0.3, -0.25) is 0 Å². The SMILES string of the molecule is COC[C@H](C)NC1CCC(Nc2ncc(F)c(-c3cc(NCC4CCOCC4)ncn3)n2)CC1. The van der Waals surface area contributed by atoms with Crippen molar-refractivity contribution in [3.8, 4) is 11.4 Å². The lowest BCUT2D eigenvalue weighted by Crippen LogP contribution is -2.43. The molecule has 2 aliphatic rings. The third-order valence-electron chi connectivity index (χ3n) is 6.56. The van der Waals surface area contributed by atoms with Crippen LogP contribution in [0.25, 0.3) is 11.4 Å². The summed E-state index contributed by atoms with van der Waals surface area (Å²) in [6.45, 7) is 5.25. The number of methoxy groups -OCH3 is 1. The highest BCUT2D eigenvalue weighted by atomic mass is 19.1. The number of anilines is 2. The molecule has 1 atom stereocenters. The van der Waals surface area contributed by atoms with Crippen LogP contribution in [0.2, 0.25) is 0 Å². The van der Waals surface area contributed by atoms with Gasteiger partial charge in [0.05, 0.1) is 18.5 Å². The van der Waals surface area contributed by atoms with E-state index in [0.29, 0.717) is 42.1 Å². The Bertz CT molecular complexity index is 905. The molecule has 3 heterocycles. The Morgan fingerprint density at radius 3 is 2.62 bits per heavy atom. The minimum atomic E-state index is -0.500. The zero-order valence-corrected chi connectivity index (χ0v) is 20.1. The van der Waals surface area contributed by atoms with Gasteiger partial charge in [0.2, 0.25) is 5.95 Å². The van der Waals surface area contributed by atoms with E-state index in [4.69, 9.17) is 9.47 Å². The number of hydrogen-bond donors (Lipinski definition) is 3. The van der Waals surface area contributed by atoms with Gasteiger partial charge in [0.15, 0.2) is 5.82 Å². The Balaban J connectivity index is 1.34. The molecule has 34 heavy (non-hydrogen) atoms. The van der Waals surface area contributed by atoms with Crippen LogP contribution in [0.15, 0.2) is 18.6 Å². The van der Waals surface area contributed by atoms with Crippen molar-refractivity contribution < 1.29 is 13.9 Å². The molecule has 9 nitrogen and oxygen atoms in total. The number of nitrogens with zero attached hydrogens (tertiary/aromatic N) is 4. The van der Waals surface area contributed by atoms with Gasteiger partial charge in [-0.15, -0.1) is 0 Å². The van der Waals surface area contributed by atoms with E-state index in [9.17, 15) is 4.39 Å². The molecule has 0 bridgehead atoms. The van der Waals surface area contributed by atoms with Crippen molar-refractivity contribution in [3.05, 3.63) is 24.4 Å². The molecule has 0 amide bonds. The summed E-state index contributed by atoms with van der Waals surface area (Å²) in [6, 6.07) is 2.83. The van der Waals surface area contributed by atoms with E-state index < -0.39 is 5.82 Å². The van der Waals surface area contributed by atoms with Gasteiger partial charge in [-0.2, -0.15) is 0 Å². The second kappa shape index (κ2) is 12.3. The maximum absolute atomic E-state index is 14.6. The molecule has 1 saturated carbocycles. The highest BCUT2D eigenvalue weighted by Gasteiger charge is 2.23. The molecular weight excluding hydrogens is 437 g/mol. The average Bonchev–Trinajstić information content (AvgIpc) is 2.86. The van der Waals surface area contributed by atoms with Crippen LogP contribution in [0.4, 0.5) is 16.2 Å². The lowest BCUT2D eigenvalue weighted by molar-refractivity contribution is 0.0699. The number of ether oxygens (including phenoxy) is 2. The van der Waals surface area contributed by atoms with E-state index in [1.165, 1.54) is 12.5 Å². The van der Waals surface area contributed by atoms with Gasteiger partial charge in [-0.1, -0.05) is 0 Å². The third-order valence-corrected chi connectivity index (χ3v) is 6.56. The molecule has 0 radical (unpaired) electrons. The van der Waals surface area contributed by atoms with Crippen molar-refractivity contribution in [2.75, 3.05) is 44.1 Å². The Hall–Kier alpha value is -2.43. The first-order valence-corrected chi connectivity index (χ1v) is 12.3. The number of rotatable bonds is 10. The van der Waals surface area contributed by atoms with Crippen LogP contribution in [0.3, 0.4) is 0 Å². The minimum Gasteiger partial charge on any atom is -0.383 e. The van der Waals surface area contributed by atoms with E-state index in [1.54, 1.807) is 13.2 Å². The number of nitrogens with one attached hydrogen (secondary N) is 3. The fourth-order valence-corrected chi connectivity index (χ4v) is 4.69. The van der Waals surface area contributed by atoms with E-state index in [1.807, 2.05) is 0 Å². The summed E-state index contributed by atoms with van der Waals surface area (Å²) in [6.07, 6.45) is 8.84. The van der Waals surface area contributed by atoms with E-state index in [2.05, 4.69) is 42.8 Å². The predicted molar refractivity (Wildman–Crippen MR) is 129 cm³/mol. The standard InChI is InChI=1S/C24H36FN7O2/c1-16(14-33-2)30-18-3-5-19(6-4-18)31-24-27-13-20(25)23(32-24)21-11-22(29-15-28-21)26-12-17-7-9-34-10-8-17/h11,13,15-19,30H,3-10,12,14H2,1-2H3,(H,26,28,29)(H,27,31,32)/t16-,18?,19?/m0/s1. The van der Waals surface area contributed by atoms with Crippen LogP contribution in [-0.2, 0) is 9.47 Å². The van der Waals surface area contributed by atoms with Crippen molar-refractivity contribution in [2.24, 2.45) is 5.92 Å². The Labute approximate surface area is 200 Å². The van der Waals surface area contributed by atoms with Gasteiger partial charge >= 0.3 is 0 Å². The first-order chi connectivity index (χ1) is 16.6. The lowest BCUT2D eigenvalue weighted by Gasteiger charge is -2.31. The van der Waals surface area contributed by atoms with E-state index in [-0.39, 0.29) is 11.7 Å². The molecule has 0 spiro atoms. The molecule has 2 aromatic rings. The van der Waals surface area contributed by atoms with E-state index in [0.717, 1.165) is 58.3 Å². The summed E-state index contributed by atoms with van der Waals surface area (Å²) in [5.74, 6) is 1.14. The first-order valence-electron chi connectivity index (χ1n) is 12.3. The fraction of sp³-hybridized carbons (Fsp3) is 0.667. The molecule has 186 valence electrons. The number of hydrogen-bond acceptors (Lipinski definition) is 9. The molecule has 1 saturated heterocycles. The number of halogens is 1. The zero-order valence-electron chi connectivity index (χ0n) is 20.1. The minimum absolute atomic E-state index is 0.178. The summed E-state index contributed by atoms with van der Waals surface area (Å²) < 4.78 is 25.2. The normalized spacial score (nSPS) is 22.3. The van der Waals surface area contributed by atoms with E-state index >= 15 is 0 Å². The fourth-order valence-electron chi connectivity index (χ4n) is 4.69. The van der Waals surface area contributed by atoms with Gasteiger partial charge in [0, 0.05) is 51.1 Å². The topological polar surface area (TPSA) is 106 Å². The maximum atomic E-state index is 14.6. The predicted octanol–water partition coefficient (Wildman–Crippen LogP) is 3.26. The van der Waals surface area contributed by atoms with Crippen LogP contribution in [0.1, 0.15) is 45.4 Å². The Morgan fingerprint density at radius 1 is 1.09 bits per heavy atom. The van der Waals surface area contributed by atoms with Gasteiger partial charge < -0.3 is 25.4 Å². The molecule has 0 aromatic carbocycles. The molecule has 4 rings (SSSR count). The van der Waals surface area contributed by atoms with Crippen molar-refractivity contribution in [2.45, 2.75) is 63.6 Å².